The fraction of sp³-hybridized carbons (Fsp3) is 0.273. The Morgan fingerprint density at radius 3 is 2.58 bits per heavy atom. The molecule has 62 valence electrons. The topological polar surface area (TPSA) is 12.0 Å². The van der Waals surface area contributed by atoms with Gasteiger partial charge in [0, 0.05) is 0 Å². The van der Waals surface area contributed by atoms with Gasteiger partial charge in [-0.3, -0.25) is 0 Å². The summed E-state index contributed by atoms with van der Waals surface area (Å²) < 4.78 is 0. The lowest BCUT2D eigenvalue weighted by molar-refractivity contribution is 0.665. The van der Waals surface area contributed by atoms with E-state index in [4.69, 9.17) is 6.42 Å². The highest BCUT2D eigenvalue weighted by molar-refractivity contribution is 5.25. The summed E-state index contributed by atoms with van der Waals surface area (Å²) in [6.45, 7) is 2.94. The molecule has 1 aromatic rings. The zero-order valence-electron chi connectivity index (χ0n) is 7.25. The molecule has 0 aliphatic rings. The van der Waals surface area contributed by atoms with Crippen molar-refractivity contribution in [1.82, 2.24) is 5.32 Å². The summed E-state index contributed by atoms with van der Waals surface area (Å²) in [4.78, 5) is 0. The van der Waals surface area contributed by atoms with Gasteiger partial charge in [0.05, 0.1) is 6.04 Å². The third-order valence-corrected chi connectivity index (χ3v) is 1.71. The van der Waals surface area contributed by atoms with Crippen molar-refractivity contribution in [3.05, 3.63) is 35.9 Å². The molecule has 0 aromatic heterocycles. The molecular formula is C11H13N. The number of rotatable bonds is 3. The van der Waals surface area contributed by atoms with E-state index < -0.39 is 0 Å². The van der Waals surface area contributed by atoms with Crippen molar-refractivity contribution < 1.29 is 0 Å². The molecule has 0 aliphatic carbocycles. The molecule has 0 aliphatic heterocycles. The fourth-order valence-electron chi connectivity index (χ4n) is 1.12. The van der Waals surface area contributed by atoms with E-state index in [-0.39, 0.29) is 6.04 Å². The molecule has 1 heteroatoms. The molecule has 1 aromatic carbocycles. The molecule has 0 saturated heterocycles. The third kappa shape index (κ3) is 2.11. The molecule has 0 amide bonds. The first-order chi connectivity index (χ1) is 5.88. The second-order valence-corrected chi connectivity index (χ2v) is 2.57. The summed E-state index contributed by atoms with van der Waals surface area (Å²) >= 11 is 0. The number of terminal acetylenes is 1. The normalized spacial score (nSPS) is 12.0. The minimum atomic E-state index is 0.0520. The van der Waals surface area contributed by atoms with E-state index in [1.54, 1.807) is 0 Å². The number of nitrogens with one attached hydrogen (secondary N) is 1. The van der Waals surface area contributed by atoms with Crippen LogP contribution in [0, 0.1) is 12.3 Å². The van der Waals surface area contributed by atoms with Gasteiger partial charge in [-0.1, -0.05) is 43.2 Å². The standard InChI is InChI=1S/C11H13N/c1-3-11(12-4-2)10-8-6-5-7-9-10/h1,5-9,11-12H,4H2,2H3. The van der Waals surface area contributed by atoms with Crippen molar-refractivity contribution in [2.24, 2.45) is 0 Å². The van der Waals surface area contributed by atoms with Gasteiger partial charge in [-0.25, -0.2) is 0 Å². The van der Waals surface area contributed by atoms with E-state index in [0.29, 0.717) is 0 Å². The van der Waals surface area contributed by atoms with E-state index in [9.17, 15) is 0 Å². The van der Waals surface area contributed by atoms with Crippen LogP contribution in [0.15, 0.2) is 30.3 Å². The first kappa shape index (κ1) is 8.83. The SMILES string of the molecule is C#CC(NCC)c1ccccc1. The van der Waals surface area contributed by atoms with E-state index in [0.717, 1.165) is 12.1 Å². The highest BCUT2D eigenvalue weighted by Crippen LogP contribution is 2.09. The average Bonchev–Trinajstić information content (AvgIpc) is 2.15. The minimum Gasteiger partial charge on any atom is -0.300 e. The smallest absolute Gasteiger partial charge is 0.0943 e. The van der Waals surface area contributed by atoms with Gasteiger partial charge in [0.2, 0.25) is 0 Å². The second-order valence-electron chi connectivity index (χ2n) is 2.57. The second kappa shape index (κ2) is 4.58. The first-order valence-corrected chi connectivity index (χ1v) is 4.13. The predicted molar refractivity (Wildman–Crippen MR) is 51.7 cm³/mol. The highest BCUT2D eigenvalue weighted by Gasteiger charge is 2.03. The Balaban J connectivity index is 2.75. The largest absolute Gasteiger partial charge is 0.300 e. The molecule has 1 unspecified atom stereocenters. The lowest BCUT2D eigenvalue weighted by atomic mass is 10.1. The van der Waals surface area contributed by atoms with Gasteiger partial charge in [0.15, 0.2) is 0 Å². The number of benzene rings is 1. The van der Waals surface area contributed by atoms with E-state index in [1.165, 1.54) is 0 Å². The molecule has 1 rings (SSSR count). The van der Waals surface area contributed by atoms with Crippen molar-refractivity contribution in [3.63, 3.8) is 0 Å². The van der Waals surface area contributed by atoms with E-state index in [2.05, 4.69) is 11.2 Å². The van der Waals surface area contributed by atoms with Crippen LogP contribution < -0.4 is 5.32 Å². The van der Waals surface area contributed by atoms with Crippen LogP contribution in [-0.2, 0) is 0 Å². The quantitative estimate of drug-likeness (QED) is 0.665. The van der Waals surface area contributed by atoms with Crippen molar-refractivity contribution in [3.8, 4) is 12.3 Å². The summed E-state index contributed by atoms with van der Waals surface area (Å²) in [6, 6.07) is 10.1. The molecule has 0 fully saturated rings. The molecule has 0 heterocycles. The molecule has 0 saturated carbocycles. The van der Waals surface area contributed by atoms with Gasteiger partial charge in [0.1, 0.15) is 0 Å². The first-order valence-electron chi connectivity index (χ1n) is 4.13. The highest BCUT2D eigenvalue weighted by atomic mass is 14.9. The van der Waals surface area contributed by atoms with Gasteiger partial charge in [-0.2, -0.15) is 0 Å². The molecular weight excluding hydrogens is 146 g/mol. The summed E-state index contributed by atoms with van der Waals surface area (Å²) in [5.41, 5.74) is 1.15. The van der Waals surface area contributed by atoms with Gasteiger partial charge in [-0.05, 0) is 12.1 Å². The molecule has 1 atom stereocenters. The minimum absolute atomic E-state index is 0.0520. The molecule has 1 N–H and O–H groups in total. The zero-order valence-corrected chi connectivity index (χ0v) is 7.25. The number of hydrogen-bond acceptors (Lipinski definition) is 1. The van der Waals surface area contributed by atoms with E-state index in [1.807, 2.05) is 37.3 Å². The lowest BCUT2D eigenvalue weighted by Crippen LogP contribution is -2.18. The zero-order chi connectivity index (χ0) is 8.81. The van der Waals surface area contributed by atoms with Gasteiger partial charge < -0.3 is 5.32 Å². The average molecular weight is 159 g/mol. The summed E-state index contributed by atoms with van der Waals surface area (Å²) in [5, 5.41) is 3.21. The maximum atomic E-state index is 5.38. The maximum absolute atomic E-state index is 5.38. The van der Waals surface area contributed by atoms with Crippen LogP contribution in [0.3, 0.4) is 0 Å². The third-order valence-electron chi connectivity index (χ3n) is 1.71. The van der Waals surface area contributed by atoms with Crippen molar-refractivity contribution >= 4 is 0 Å². The molecule has 1 nitrogen and oxygen atoms in total. The summed E-state index contributed by atoms with van der Waals surface area (Å²) in [6.07, 6.45) is 5.38. The van der Waals surface area contributed by atoms with Crippen LogP contribution in [0.25, 0.3) is 0 Å². The van der Waals surface area contributed by atoms with Crippen LogP contribution in [0.4, 0.5) is 0 Å². The number of hydrogen-bond donors (Lipinski definition) is 1. The van der Waals surface area contributed by atoms with Gasteiger partial charge >= 0.3 is 0 Å². The Hall–Kier alpha value is -1.26. The molecule has 0 spiro atoms. The Morgan fingerprint density at radius 1 is 1.42 bits per heavy atom. The summed E-state index contributed by atoms with van der Waals surface area (Å²) in [7, 11) is 0. The van der Waals surface area contributed by atoms with Crippen molar-refractivity contribution in [2.75, 3.05) is 6.54 Å². The van der Waals surface area contributed by atoms with Crippen LogP contribution >= 0.6 is 0 Å². The van der Waals surface area contributed by atoms with E-state index >= 15 is 0 Å². The fourth-order valence-corrected chi connectivity index (χ4v) is 1.12. The van der Waals surface area contributed by atoms with Crippen molar-refractivity contribution in [1.29, 1.82) is 0 Å². The van der Waals surface area contributed by atoms with Gasteiger partial charge in [-0.15, -0.1) is 6.42 Å². The Labute approximate surface area is 73.8 Å². The monoisotopic (exact) mass is 159 g/mol. The Kier molecular flexibility index (Phi) is 3.37. The van der Waals surface area contributed by atoms with Crippen LogP contribution in [0.1, 0.15) is 18.5 Å². The molecule has 0 bridgehead atoms. The van der Waals surface area contributed by atoms with Crippen LogP contribution in [0.5, 0.6) is 0 Å². The predicted octanol–water partition coefficient (Wildman–Crippen LogP) is 1.97. The molecule has 0 radical (unpaired) electrons. The Morgan fingerprint density at radius 2 is 2.08 bits per heavy atom. The van der Waals surface area contributed by atoms with Crippen LogP contribution in [-0.4, -0.2) is 6.54 Å². The maximum Gasteiger partial charge on any atom is 0.0943 e. The Bertz CT molecular complexity index is 258. The molecule has 12 heavy (non-hydrogen) atoms. The van der Waals surface area contributed by atoms with Gasteiger partial charge in [0.25, 0.3) is 0 Å². The summed E-state index contributed by atoms with van der Waals surface area (Å²) in [5.74, 6) is 2.71. The van der Waals surface area contributed by atoms with Crippen LogP contribution in [0.2, 0.25) is 0 Å². The lowest BCUT2D eigenvalue weighted by Gasteiger charge is -2.10. The van der Waals surface area contributed by atoms with Crippen molar-refractivity contribution in [2.45, 2.75) is 13.0 Å².